The molecule has 0 spiro atoms. The van der Waals surface area contributed by atoms with Crippen LogP contribution in [-0.4, -0.2) is 33.5 Å². The number of thioether (sulfide) groups is 1. The lowest BCUT2D eigenvalue weighted by atomic mass is 10.2. The van der Waals surface area contributed by atoms with E-state index in [9.17, 15) is 4.79 Å². The van der Waals surface area contributed by atoms with Crippen LogP contribution in [0.5, 0.6) is 0 Å². The van der Waals surface area contributed by atoms with Gasteiger partial charge in [-0.15, -0.1) is 10.2 Å². The zero-order chi connectivity index (χ0) is 13.5. The number of rotatable bonds is 7. The molecule has 1 rings (SSSR count). The van der Waals surface area contributed by atoms with Gasteiger partial charge in [-0.25, -0.2) is 0 Å². The van der Waals surface area contributed by atoms with E-state index >= 15 is 0 Å². The number of hydrogen-bond donors (Lipinski definition) is 1. The average Bonchev–Trinajstić information content (AvgIpc) is 2.66. The topological polar surface area (TPSA) is 59.8 Å². The molecular formula is C12H22N4OS. The van der Waals surface area contributed by atoms with Crippen LogP contribution in [0.2, 0.25) is 0 Å². The summed E-state index contributed by atoms with van der Waals surface area (Å²) < 4.78 is 2.18. The minimum absolute atomic E-state index is 0.0171. The van der Waals surface area contributed by atoms with E-state index in [4.69, 9.17) is 0 Å². The molecule has 0 saturated carbocycles. The van der Waals surface area contributed by atoms with Crippen LogP contribution in [0.3, 0.4) is 0 Å². The summed E-state index contributed by atoms with van der Waals surface area (Å²) in [6.45, 7) is 7.54. The zero-order valence-electron chi connectivity index (χ0n) is 11.6. The summed E-state index contributed by atoms with van der Waals surface area (Å²) in [5, 5.41) is 12.2. The SMILES string of the molecule is CSc1nnc(CCCNC(C)=O)n1CC(C)C. The minimum atomic E-state index is 0.0171. The molecule has 6 heteroatoms. The third-order valence-corrected chi connectivity index (χ3v) is 3.14. The summed E-state index contributed by atoms with van der Waals surface area (Å²) in [4.78, 5) is 10.8. The Labute approximate surface area is 113 Å². The first-order valence-electron chi connectivity index (χ1n) is 6.25. The molecule has 102 valence electrons. The van der Waals surface area contributed by atoms with Gasteiger partial charge in [0, 0.05) is 26.4 Å². The number of aryl methyl sites for hydroxylation is 1. The molecule has 18 heavy (non-hydrogen) atoms. The van der Waals surface area contributed by atoms with Gasteiger partial charge < -0.3 is 9.88 Å². The number of carbonyl (C=O) groups excluding carboxylic acids is 1. The maximum atomic E-state index is 10.8. The largest absolute Gasteiger partial charge is 0.356 e. The molecule has 0 saturated heterocycles. The van der Waals surface area contributed by atoms with Crippen molar-refractivity contribution in [2.24, 2.45) is 5.92 Å². The lowest BCUT2D eigenvalue weighted by Gasteiger charge is -2.11. The highest BCUT2D eigenvalue weighted by molar-refractivity contribution is 7.98. The molecule has 0 aromatic carbocycles. The Morgan fingerprint density at radius 3 is 2.72 bits per heavy atom. The van der Waals surface area contributed by atoms with Gasteiger partial charge in [-0.2, -0.15) is 0 Å². The number of aromatic nitrogens is 3. The molecule has 0 unspecified atom stereocenters. The van der Waals surface area contributed by atoms with Gasteiger partial charge in [0.25, 0.3) is 0 Å². The highest BCUT2D eigenvalue weighted by Crippen LogP contribution is 2.16. The monoisotopic (exact) mass is 270 g/mol. The smallest absolute Gasteiger partial charge is 0.216 e. The Morgan fingerprint density at radius 1 is 1.44 bits per heavy atom. The van der Waals surface area contributed by atoms with Crippen LogP contribution in [-0.2, 0) is 17.8 Å². The Balaban J connectivity index is 2.58. The fourth-order valence-corrected chi connectivity index (χ4v) is 2.24. The van der Waals surface area contributed by atoms with Gasteiger partial charge >= 0.3 is 0 Å². The second-order valence-electron chi connectivity index (χ2n) is 4.69. The van der Waals surface area contributed by atoms with Gasteiger partial charge in [-0.3, -0.25) is 4.79 Å². The van der Waals surface area contributed by atoms with Gasteiger partial charge in [0.05, 0.1) is 0 Å². The molecule has 1 amide bonds. The van der Waals surface area contributed by atoms with Crippen molar-refractivity contribution in [1.29, 1.82) is 0 Å². The fourth-order valence-electron chi connectivity index (χ4n) is 1.71. The first-order chi connectivity index (χ1) is 8.54. The highest BCUT2D eigenvalue weighted by Gasteiger charge is 2.12. The predicted molar refractivity (Wildman–Crippen MR) is 73.6 cm³/mol. The van der Waals surface area contributed by atoms with Crippen molar-refractivity contribution < 1.29 is 4.79 Å². The summed E-state index contributed by atoms with van der Waals surface area (Å²) in [5.74, 6) is 1.60. The maximum absolute atomic E-state index is 10.8. The number of nitrogens with zero attached hydrogens (tertiary/aromatic N) is 3. The van der Waals surface area contributed by atoms with E-state index in [0.717, 1.165) is 30.4 Å². The van der Waals surface area contributed by atoms with Crippen molar-refractivity contribution in [3.63, 3.8) is 0 Å². The van der Waals surface area contributed by atoms with Crippen molar-refractivity contribution in [2.75, 3.05) is 12.8 Å². The normalized spacial score (nSPS) is 10.9. The van der Waals surface area contributed by atoms with Crippen LogP contribution >= 0.6 is 11.8 Å². The van der Waals surface area contributed by atoms with Crippen LogP contribution in [0.15, 0.2) is 5.16 Å². The minimum Gasteiger partial charge on any atom is -0.356 e. The van der Waals surface area contributed by atoms with Gasteiger partial charge in [0.2, 0.25) is 5.91 Å². The second-order valence-corrected chi connectivity index (χ2v) is 5.47. The molecule has 0 aliphatic carbocycles. The van der Waals surface area contributed by atoms with Crippen LogP contribution in [0.1, 0.15) is 33.0 Å². The molecule has 1 aromatic heterocycles. The van der Waals surface area contributed by atoms with Crippen LogP contribution in [0.4, 0.5) is 0 Å². The van der Waals surface area contributed by atoms with Crippen LogP contribution in [0, 0.1) is 5.92 Å². The van der Waals surface area contributed by atoms with Crippen molar-refractivity contribution in [3.8, 4) is 0 Å². The lowest BCUT2D eigenvalue weighted by molar-refractivity contribution is -0.118. The summed E-state index contributed by atoms with van der Waals surface area (Å²) >= 11 is 1.62. The Hall–Kier alpha value is -1.04. The molecule has 1 heterocycles. The first-order valence-corrected chi connectivity index (χ1v) is 7.47. The van der Waals surface area contributed by atoms with Gasteiger partial charge in [-0.1, -0.05) is 25.6 Å². The Kier molecular flexibility index (Phi) is 6.18. The van der Waals surface area contributed by atoms with E-state index in [2.05, 4.69) is 33.9 Å². The van der Waals surface area contributed by atoms with Crippen LogP contribution in [0.25, 0.3) is 0 Å². The van der Waals surface area contributed by atoms with Gasteiger partial charge in [-0.05, 0) is 18.6 Å². The van der Waals surface area contributed by atoms with E-state index in [1.807, 2.05) is 6.26 Å². The van der Waals surface area contributed by atoms with E-state index in [1.54, 1.807) is 11.8 Å². The Morgan fingerprint density at radius 2 is 2.17 bits per heavy atom. The summed E-state index contributed by atoms with van der Waals surface area (Å²) in [5.41, 5.74) is 0. The fraction of sp³-hybridized carbons (Fsp3) is 0.750. The summed E-state index contributed by atoms with van der Waals surface area (Å²) in [6.07, 6.45) is 3.76. The lowest BCUT2D eigenvalue weighted by Crippen LogP contribution is -2.21. The van der Waals surface area contributed by atoms with E-state index < -0.39 is 0 Å². The summed E-state index contributed by atoms with van der Waals surface area (Å²) in [6, 6.07) is 0. The molecule has 0 aliphatic heterocycles. The highest BCUT2D eigenvalue weighted by atomic mass is 32.2. The average molecular weight is 270 g/mol. The van der Waals surface area contributed by atoms with Crippen LogP contribution < -0.4 is 5.32 Å². The van der Waals surface area contributed by atoms with Crippen molar-refractivity contribution >= 4 is 17.7 Å². The number of amides is 1. The molecule has 0 aliphatic rings. The third kappa shape index (κ3) is 4.68. The van der Waals surface area contributed by atoms with E-state index in [0.29, 0.717) is 12.5 Å². The quantitative estimate of drug-likeness (QED) is 0.605. The van der Waals surface area contributed by atoms with E-state index in [1.165, 1.54) is 6.92 Å². The molecular weight excluding hydrogens is 248 g/mol. The van der Waals surface area contributed by atoms with Crippen molar-refractivity contribution in [1.82, 2.24) is 20.1 Å². The molecule has 0 radical (unpaired) electrons. The number of nitrogens with one attached hydrogen (secondary N) is 1. The third-order valence-electron chi connectivity index (χ3n) is 2.47. The molecule has 0 fully saturated rings. The zero-order valence-corrected chi connectivity index (χ0v) is 12.4. The molecule has 0 bridgehead atoms. The Bertz CT molecular complexity index is 389. The van der Waals surface area contributed by atoms with Crippen molar-refractivity contribution in [2.45, 2.75) is 45.3 Å². The van der Waals surface area contributed by atoms with Crippen molar-refractivity contribution in [3.05, 3.63) is 5.82 Å². The predicted octanol–water partition coefficient (Wildman–Crippen LogP) is 1.72. The van der Waals surface area contributed by atoms with Gasteiger partial charge in [0.15, 0.2) is 5.16 Å². The maximum Gasteiger partial charge on any atom is 0.216 e. The number of hydrogen-bond acceptors (Lipinski definition) is 4. The first kappa shape index (κ1) is 15.0. The summed E-state index contributed by atoms with van der Waals surface area (Å²) in [7, 11) is 0. The molecule has 1 N–H and O–H groups in total. The van der Waals surface area contributed by atoms with Gasteiger partial charge in [0.1, 0.15) is 5.82 Å². The van der Waals surface area contributed by atoms with E-state index in [-0.39, 0.29) is 5.91 Å². The standard InChI is InChI=1S/C12H22N4OS/c1-9(2)8-16-11(14-15-12(16)18-4)6-5-7-13-10(3)17/h9H,5-8H2,1-4H3,(H,13,17). The molecule has 5 nitrogen and oxygen atoms in total. The second kappa shape index (κ2) is 7.41. The molecule has 0 atom stereocenters. The molecule has 1 aromatic rings. The number of carbonyl (C=O) groups is 1.